The summed E-state index contributed by atoms with van der Waals surface area (Å²) in [6.07, 6.45) is 0.815. The molecule has 0 heterocycles. The van der Waals surface area contributed by atoms with Crippen LogP contribution in [-0.4, -0.2) is 25.5 Å². The highest BCUT2D eigenvalue weighted by Gasteiger charge is 2.40. The molecular weight excluding hydrogens is 513 g/mol. The molecule has 0 radical (unpaired) electrons. The van der Waals surface area contributed by atoms with Crippen molar-refractivity contribution < 1.29 is 35.8 Å². The van der Waals surface area contributed by atoms with Crippen molar-refractivity contribution in [3.05, 3.63) is 41.5 Å². The third-order valence-electron chi connectivity index (χ3n) is 7.61. The summed E-state index contributed by atoms with van der Waals surface area (Å²) < 4.78 is 94.2. The fourth-order valence-electron chi connectivity index (χ4n) is 5.90. The van der Waals surface area contributed by atoms with E-state index in [-0.39, 0.29) is 17.4 Å². The molecule has 0 N–H and O–H groups in total. The first kappa shape index (κ1) is 28.1. The predicted octanol–water partition coefficient (Wildman–Crippen LogP) is 9.18. The minimum absolute atomic E-state index is 0.132. The number of alkyl halides is 6. The Morgan fingerprint density at radius 1 is 0.649 bits per heavy atom. The van der Waals surface area contributed by atoms with Crippen molar-refractivity contribution in [1.29, 1.82) is 0 Å². The van der Waals surface area contributed by atoms with E-state index in [1.54, 1.807) is 12.1 Å². The molecule has 0 aliphatic heterocycles. The van der Waals surface area contributed by atoms with Gasteiger partial charge in [0.15, 0.2) is 0 Å². The largest absolute Gasteiger partial charge is 0.496 e. The lowest BCUT2D eigenvalue weighted by molar-refractivity contribution is -0.143. The number of ether oxygens (including phenoxy) is 2. The van der Waals surface area contributed by atoms with E-state index in [0.717, 1.165) is 81.6 Å². The molecule has 9 heteroatoms. The van der Waals surface area contributed by atoms with Crippen LogP contribution < -0.4 is 14.8 Å². The predicted molar refractivity (Wildman–Crippen MR) is 135 cm³/mol. The van der Waals surface area contributed by atoms with Crippen LogP contribution in [0, 0.1) is 0 Å². The maximum Gasteiger partial charge on any atom is 0.416 e. The minimum atomic E-state index is -4.93. The Kier molecular flexibility index (Phi) is 8.67. The van der Waals surface area contributed by atoms with Gasteiger partial charge >= 0.3 is 12.4 Å². The van der Waals surface area contributed by atoms with Crippen LogP contribution in [0.3, 0.4) is 0 Å². The zero-order valence-electron chi connectivity index (χ0n) is 21.1. The van der Waals surface area contributed by atoms with E-state index in [1.807, 2.05) is 0 Å². The monoisotopic (exact) mass is 546 g/mol. The molecule has 2 aliphatic carbocycles. The molecular formula is C28H33F6O2P. The number of methoxy groups -OCH3 is 2. The summed E-state index contributed by atoms with van der Waals surface area (Å²) in [5.41, 5.74) is -1.78. The number of hydrogen-bond acceptors (Lipinski definition) is 2. The lowest BCUT2D eigenvalue weighted by atomic mass is 9.97. The number of hydrogen-bond donors (Lipinski definition) is 0. The second-order valence-electron chi connectivity index (χ2n) is 9.98. The van der Waals surface area contributed by atoms with Gasteiger partial charge in [-0.15, -0.1) is 0 Å². The summed E-state index contributed by atoms with van der Waals surface area (Å²) in [5, 5.41) is 0.753. The van der Waals surface area contributed by atoms with Gasteiger partial charge in [0.1, 0.15) is 11.5 Å². The maximum absolute atomic E-state index is 13.8. The molecule has 2 aromatic carbocycles. The van der Waals surface area contributed by atoms with E-state index in [2.05, 4.69) is 0 Å². The van der Waals surface area contributed by atoms with Crippen LogP contribution >= 0.6 is 7.92 Å². The summed E-state index contributed by atoms with van der Waals surface area (Å²) in [6.45, 7) is 0. The van der Waals surface area contributed by atoms with Gasteiger partial charge in [-0.2, -0.15) is 26.3 Å². The number of benzene rings is 2. The first-order valence-corrected chi connectivity index (χ1v) is 14.4. The van der Waals surface area contributed by atoms with Gasteiger partial charge in [0.05, 0.1) is 25.3 Å². The van der Waals surface area contributed by atoms with Crippen molar-refractivity contribution in [2.45, 2.75) is 87.9 Å². The number of halogens is 6. The second-order valence-corrected chi connectivity index (χ2v) is 12.7. The molecule has 0 bridgehead atoms. The summed E-state index contributed by atoms with van der Waals surface area (Å²) in [5.74, 6) is 0.784. The van der Waals surface area contributed by atoms with Gasteiger partial charge in [-0.3, -0.25) is 0 Å². The third-order valence-corrected chi connectivity index (χ3v) is 11.2. The zero-order valence-corrected chi connectivity index (χ0v) is 22.0. The van der Waals surface area contributed by atoms with Crippen molar-refractivity contribution in [3.63, 3.8) is 0 Å². The quantitative estimate of drug-likeness (QED) is 0.266. The average Bonchev–Trinajstić information content (AvgIpc) is 2.88. The molecule has 204 valence electrons. The smallest absolute Gasteiger partial charge is 0.416 e. The minimum Gasteiger partial charge on any atom is -0.496 e. The van der Waals surface area contributed by atoms with Gasteiger partial charge in [-0.05, 0) is 72.9 Å². The molecule has 0 unspecified atom stereocenters. The van der Waals surface area contributed by atoms with Crippen molar-refractivity contribution >= 4 is 13.2 Å². The first-order valence-electron chi connectivity index (χ1n) is 12.9. The summed E-state index contributed by atoms with van der Waals surface area (Å²) in [6, 6.07) is 5.16. The molecule has 2 aliphatic rings. The van der Waals surface area contributed by atoms with Crippen molar-refractivity contribution in [2.24, 2.45) is 0 Å². The van der Waals surface area contributed by atoms with Crippen molar-refractivity contribution in [2.75, 3.05) is 14.2 Å². The molecule has 0 saturated heterocycles. The van der Waals surface area contributed by atoms with E-state index in [0.29, 0.717) is 22.6 Å². The molecule has 4 rings (SSSR count). The molecule has 0 atom stereocenters. The first-order chi connectivity index (χ1) is 17.5. The molecule has 37 heavy (non-hydrogen) atoms. The van der Waals surface area contributed by atoms with Crippen LogP contribution in [0.4, 0.5) is 26.3 Å². The van der Waals surface area contributed by atoms with E-state index in [4.69, 9.17) is 9.47 Å². The fraction of sp³-hybridized carbons (Fsp3) is 0.571. The van der Waals surface area contributed by atoms with Gasteiger partial charge in [-0.25, -0.2) is 0 Å². The molecule has 2 nitrogen and oxygen atoms in total. The number of rotatable bonds is 6. The molecule has 0 amide bonds. The maximum atomic E-state index is 13.8. The van der Waals surface area contributed by atoms with Crippen LogP contribution in [0.2, 0.25) is 0 Å². The van der Waals surface area contributed by atoms with Gasteiger partial charge in [0, 0.05) is 10.9 Å². The Morgan fingerprint density at radius 2 is 1.08 bits per heavy atom. The summed E-state index contributed by atoms with van der Waals surface area (Å²) >= 11 is 0. The molecule has 2 fully saturated rings. The van der Waals surface area contributed by atoms with Crippen LogP contribution in [0.15, 0.2) is 30.3 Å². The average molecular weight is 547 g/mol. The topological polar surface area (TPSA) is 18.5 Å². The Labute approximate surface area is 215 Å². The molecule has 2 aromatic rings. The van der Waals surface area contributed by atoms with Gasteiger partial charge < -0.3 is 9.47 Å². The lowest BCUT2D eigenvalue weighted by Crippen LogP contribution is -2.28. The summed E-state index contributed by atoms with van der Waals surface area (Å²) in [7, 11) is 1.98. The highest BCUT2D eigenvalue weighted by molar-refractivity contribution is 7.67. The van der Waals surface area contributed by atoms with Crippen LogP contribution in [0.25, 0.3) is 11.1 Å². The lowest BCUT2D eigenvalue weighted by Gasteiger charge is -2.40. The van der Waals surface area contributed by atoms with Gasteiger partial charge in [0.2, 0.25) is 0 Å². The standard InChI is InChI=1S/C28H33F6O2P/c1-35-23-13-14-24(36-2)26(37(21-9-5-3-6-10-21)22-11-7-4-8-12-22)25(23)18-15-19(27(29,30)31)17-20(16-18)28(32,33)34/h13-17,21-22H,3-12H2,1-2H3. The van der Waals surface area contributed by atoms with Crippen molar-refractivity contribution in [1.82, 2.24) is 0 Å². The van der Waals surface area contributed by atoms with Gasteiger partial charge in [0.25, 0.3) is 0 Å². The fourth-order valence-corrected chi connectivity index (χ4v) is 9.99. The highest BCUT2D eigenvalue weighted by Crippen LogP contribution is 2.59. The molecule has 0 aromatic heterocycles. The third kappa shape index (κ3) is 6.21. The molecule has 0 spiro atoms. The summed E-state index contributed by atoms with van der Waals surface area (Å²) in [4.78, 5) is 0. The zero-order chi connectivity index (χ0) is 26.8. The Morgan fingerprint density at radius 3 is 1.49 bits per heavy atom. The SMILES string of the molecule is COc1ccc(OC)c(P(C2CCCCC2)C2CCCCC2)c1-c1cc(C(F)(F)F)cc(C(F)(F)F)c1. The normalized spacial score (nSPS) is 18.3. The van der Waals surface area contributed by atoms with E-state index in [9.17, 15) is 26.3 Å². The Balaban J connectivity index is 2.01. The van der Waals surface area contributed by atoms with Crippen LogP contribution in [0.5, 0.6) is 11.5 Å². The highest BCUT2D eigenvalue weighted by atomic mass is 31.1. The molecule has 2 saturated carbocycles. The van der Waals surface area contributed by atoms with E-state index >= 15 is 0 Å². The Bertz CT molecular complexity index is 1020. The second kappa shape index (κ2) is 11.4. The van der Waals surface area contributed by atoms with Crippen molar-refractivity contribution in [3.8, 4) is 22.6 Å². The van der Waals surface area contributed by atoms with Gasteiger partial charge in [-0.1, -0.05) is 46.4 Å². The Hall–Kier alpha value is -1.95. The van der Waals surface area contributed by atoms with E-state index < -0.39 is 31.4 Å². The van der Waals surface area contributed by atoms with E-state index in [1.165, 1.54) is 14.2 Å². The van der Waals surface area contributed by atoms with Crippen LogP contribution in [-0.2, 0) is 12.4 Å². The van der Waals surface area contributed by atoms with Crippen LogP contribution in [0.1, 0.15) is 75.3 Å².